The summed E-state index contributed by atoms with van der Waals surface area (Å²) in [6.45, 7) is 5.52. The summed E-state index contributed by atoms with van der Waals surface area (Å²) in [4.78, 5) is 42.6. The van der Waals surface area contributed by atoms with Crippen LogP contribution in [0.4, 0.5) is 10.5 Å². The molecule has 4 aliphatic rings. The second-order valence-corrected chi connectivity index (χ2v) is 13.6. The maximum Gasteiger partial charge on any atom is 0.409 e. The molecule has 0 aliphatic carbocycles. The van der Waals surface area contributed by atoms with E-state index < -0.39 is 47.7 Å². The lowest BCUT2D eigenvalue weighted by Crippen LogP contribution is -2.68. The molecule has 5 rings (SSSR count). The Hall–Kier alpha value is -3.16. The number of ether oxygens (including phenoxy) is 5. The first-order valence-electron chi connectivity index (χ1n) is 15.8. The van der Waals surface area contributed by atoms with Gasteiger partial charge in [0.05, 0.1) is 25.3 Å². The van der Waals surface area contributed by atoms with Gasteiger partial charge in [0.25, 0.3) is 0 Å². The van der Waals surface area contributed by atoms with Crippen LogP contribution in [0, 0.1) is 0 Å². The molecule has 4 aliphatic heterocycles. The van der Waals surface area contributed by atoms with E-state index in [1.54, 1.807) is 45.1 Å². The van der Waals surface area contributed by atoms with Crippen LogP contribution in [0.1, 0.15) is 58.4 Å². The molecule has 0 saturated carbocycles. The molecule has 1 aromatic carbocycles. The van der Waals surface area contributed by atoms with Crippen molar-refractivity contribution in [2.75, 3.05) is 40.3 Å². The third kappa shape index (κ3) is 8.47. The van der Waals surface area contributed by atoms with Gasteiger partial charge in [-0.25, -0.2) is 4.79 Å². The second kappa shape index (κ2) is 14.9. The molecule has 6 bridgehead atoms. The largest absolute Gasteiger partial charge is 0.495 e. The fourth-order valence-electron chi connectivity index (χ4n) is 6.21. The molecule has 0 aromatic heterocycles. The van der Waals surface area contributed by atoms with Crippen molar-refractivity contribution in [3.05, 3.63) is 46.5 Å². The van der Waals surface area contributed by atoms with Crippen molar-refractivity contribution >= 4 is 35.3 Å². The van der Waals surface area contributed by atoms with Crippen LogP contribution < -0.4 is 15.0 Å². The SMILES string of the molecule is COc1cc2cc(c1Cl)N(C)C(=O)CC(OC(=O)[C@H](C)N(C)C)CC[C@@H]1C[C@@](C)(O1)[C@@H]1C[C@@](O)(NC(=O)O1)[C@H](OC)/C=C/C=C(\C)C2. The number of benzene rings is 1. The Labute approximate surface area is 281 Å². The summed E-state index contributed by atoms with van der Waals surface area (Å²) in [6.07, 6.45) is 3.80. The molecule has 7 atom stereocenters. The van der Waals surface area contributed by atoms with Crippen LogP contribution in [-0.4, -0.2) is 105 Å². The number of nitrogens with zero attached hydrogens (tertiary/aromatic N) is 2. The average molecular weight is 678 g/mol. The van der Waals surface area contributed by atoms with E-state index in [1.165, 1.54) is 19.1 Å². The Kier molecular flexibility index (Phi) is 11.7. The average Bonchev–Trinajstić information content (AvgIpc) is 2.99. The number of fused-ring (bicyclic) bond motifs is 8. The van der Waals surface area contributed by atoms with Gasteiger partial charge in [-0.2, -0.15) is 0 Å². The summed E-state index contributed by atoms with van der Waals surface area (Å²) < 4.78 is 28.9. The standard InChI is InChI=1S/C34H48ClN3O9/c1-20-10-9-11-27(44-8)34(42)19-28(46-32(41)36-34)33(3)18-24(47-33)13-12-23(45-31(40)21(2)37(4)5)17-29(39)38(6)25-15-22(14-20)16-26(43-7)30(25)35/h9-11,15-16,21,23-24,27-28,42H,12-14,17-19H2,1-8H3,(H,36,41)/b11-9+,20-10+/t21-,23?,24+,27+,28-,33+,34-/m0/s1. The molecule has 1 unspecified atom stereocenters. The summed E-state index contributed by atoms with van der Waals surface area (Å²) >= 11 is 6.70. The Morgan fingerprint density at radius 2 is 1.91 bits per heavy atom. The lowest BCUT2D eigenvalue weighted by molar-refractivity contribution is -0.263. The fourth-order valence-corrected chi connectivity index (χ4v) is 6.52. The van der Waals surface area contributed by atoms with Gasteiger partial charge in [0.15, 0.2) is 5.72 Å². The molecular weight excluding hydrogens is 630 g/mol. The normalized spacial score (nSPS) is 32.8. The van der Waals surface area contributed by atoms with Gasteiger partial charge in [-0.3, -0.25) is 19.8 Å². The van der Waals surface area contributed by atoms with Crippen molar-refractivity contribution < 1.29 is 43.2 Å². The molecule has 2 fully saturated rings. The van der Waals surface area contributed by atoms with Crippen molar-refractivity contribution in [1.29, 1.82) is 0 Å². The van der Waals surface area contributed by atoms with Gasteiger partial charge in [-0.15, -0.1) is 0 Å². The highest BCUT2D eigenvalue weighted by molar-refractivity contribution is 6.35. The molecule has 0 radical (unpaired) electrons. The van der Waals surface area contributed by atoms with Crippen molar-refractivity contribution in [3.63, 3.8) is 0 Å². The number of likely N-dealkylation sites (N-methyl/N-ethyl adjacent to an activating group) is 1. The molecule has 4 heterocycles. The number of rotatable bonds is 5. The van der Waals surface area contributed by atoms with E-state index in [4.69, 9.17) is 35.3 Å². The number of alkyl carbamates (subject to hydrolysis) is 1. The highest BCUT2D eigenvalue weighted by Gasteiger charge is 2.56. The number of nitrogens with one attached hydrogen (secondary N) is 1. The molecule has 0 spiro atoms. The summed E-state index contributed by atoms with van der Waals surface area (Å²) in [5.41, 5.74) is -0.321. The Balaban J connectivity index is 1.70. The summed E-state index contributed by atoms with van der Waals surface area (Å²) in [6, 6.07) is 3.14. The number of hydrogen-bond acceptors (Lipinski definition) is 10. The second-order valence-electron chi connectivity index (χ2n) is 13.2. The van der Waals surface area contributed by atoms with E-state index in [2.05, 4.69) is 5.32 Å². The topological polar surface area (TPSA) is 136 Å². The van der Waals surface area contributed by atoms with Gasteiger partial charge in [0.2, 0.25) is 5.91 Å². The minimum atomic E-state index is -1.74. The van der Waals surface area contributed by atoms with Crippen LogP contribution in [0.5, 0.6) is 5.75 Å². The predicted octanol–water partition coefficient (Wildman–Crippen LogP) is 4.15. The Morgan fingerprint density at radius 1 is 1.21 bits per heavy atom. The van der Waals surface area contributed by atoms with E-state index in [0.717, 1.165) is 11.1 Å². The maximum atomic E-state index is 13.7. The number of methoxy groups -OCH3 is 2. The number of aliphatic hydroxyl groups is 1. The van der Waals surface area contributed by atoms with Crippen LogP contribution in [0.2, 0.25) is 5.02 Å². The number of carbonyl (C=O) groups excluding carboxylic acids is 3. The van der Waals surface area contributed by atoms with Crippen LogP contribution in [-0.2, 0) is 35.0 Å². The lowest BCUT2D eigenvalue weighted by atomic mass is 9.79. The van der Waals surface area contributed by atoms with Crippen LogP contribution >= 0.6 is 11.6 Å². The van der Waals surface area contributed by atoms with E-state index >= 15 is 0 Å². The number of amides is 2. The lowest BCUT2D eigenvalue weighted by Gasteiger charge is -2.53. The minimum absolute atomic E-state index is 0.0321. The zero-order valence-corrected chi connectivity index (χ0v) is 29.3. The summed E-state index contributed by atoms with van der Waals surface area (Å²) in [5.74, 6) is -0.306. The van der Waals surface area contributed by atoms with Gasteiger partial charge >= 0.3 is 12.1 Å². The number of carbonyl (C=O) groups is 3. The molecule has 1 aromatic rings. The first-order chi connectivity index (χ1) is 22.1. The highest BCUT2D eigenvalue weighted by atomic mass is 35.5. The molecule has 47 heavy (non-hydrogen) atoms. The van der Waals surface area contributed by atoms with Gasteiger partial charge in [0, 0.05) is 27.0 Å². The smallest absolute Gasteiger partial charge is 0.409 e. The van der Waals surface area contributed by atoms with Crippen molar-refractivity contribution in [1.82, 2.24) is 10.2 Å². The molecule has 2 saturated heterocycles. The number of hydrogen-bond donors (Lipinski definition) is 2. The van der Waals surface area contributed by atoms with Crippen LogP contribution in [0.15, 0.2) is 35.9 Å². The summed E-state index contributed by atoms with van der Waals surface area (Å²) in [5, 5.41) is 14.4. The fraction of sp³-hybridized carbons (Fsp3) is 0.618. The zero-order chi connectivity index (χ0) is 34.7. The van der Waals surface area contributed by atoms with Gasteiger partial charge in [-0.05, 0) is 71.8 Å². The van der Waals surface area contributed by atoms with Crippen molar-refractivity contribution in [3.8, 4) is 5.75 Å². The monoisotopic (exact) mass is 677 g/mol. The number of halogens is 1. The predicted molar refractivity (Wildman–Crippen MR) is 177 cm³/mol. The number of allylic oxidation sites excluding steroid dienone is 3. The Morgan fingerprint density at radius 3 is 2.55 bits per heavy atom. The molecule has 2 N–H and O–H groups in total. The van der Waals surface area contributed by atoms with Crippen LogP contribution in [0.25, 0.3) is 0 Å². The van der Waals surface area contributed by atoms with Gasteiger partial charge in [-0.1, -0.05) is 35.4 Å². The third-order valence-corrected chi connectivity index (χ3v) is 9.72. The summed E-state index contributed by atoms with van der Waals surface area (Å²) in [7, 11) is 8.17. The van der Waals surface area contributed by atoms with Crippen molar-refractivity contribution in [2.45, 2.75) is 101 Å². The van der Waals surface area contributed by atoms with E-state index in [1.807, 2.05) is 32.1 Å². The number of esters is 1. The molecule has 2 amide bonds. The maximum absolute atomic E-state index is 13.7. The highest BCUT2D eigenvalue weighted by Crippen LogP contribution is 2.43. The first-order valence-corrected chi connectivity index (χ1v) is 16.2. The van der Waals surface area contributed by atoms with E-state index in [0.29, 0.717) is 37.1 Å². The molecule has 12 nitrogen and oxygen atoms in total. The van der Waals surface area contributed by atoms with Gasteiger partial charge < -0.3 is 33.7 Å². The van der Waals surface area contributed by atoms with Gasteiger partial charge in [0.1, 0.15) is 40.7 Å². The number of anilines is 1. The first kappa shape index (κ1) is 36.7. The quantitative estimate of drug-likeness (QED) is 0.438. The molecular formula is C34H48ClN3O9. The Bertz CT molecular complexity index is 1390. The molecule has 260 valence electrons. The van der Waals surface area contributed by atoms with Crippen molar-refractivity contribution in [2.24, 2.45) is 0 Å². The molecule has 13 heteroatoms. The zero-order valence-electron chi connectivity index (χ0n) is 28.5. The van der Waals surface area contributed by atoms with Crippen LogP contribution in [0.3, 0.4) is 0 Å². The third-order valence-electron chi connectivity index (χ3n) is 9.34. The van der Waals surface area contributed by atoms with E-state index in [9.17, 15) is 19.5 Å². The minimum Gasteiger partial charge on any atom is -0.495 e. The van der Waals surface area contributed by atoms with E-state index in [-0.39, 0.29) is 29.9 Å².